The van der Waals surface area contributed by atoms with Crippen molar-refractivity contribution in [3.05, 3.63) is 34.5 Å². The van der Waals surface area contributed by atoms with E-state index in [0.29, 0.717) is 27.4 Å². The fraction of sp³-hybridized carbons (Fsp3) is 0.474. The van der Waals surface area contributed by atoms with Crippen molar-refractivity contribution in [2.75, 3.05) is 5.75 Å². The molecule has 0 aliphatic rings. The Morgan fingerprint density at radius 2 is 1.74 bits per heavy atom. The van der Waals surface area contributed by atoms with Gasteiger partial charge >= 0.3 is 6.18 Å². The average Bonchev–Trinajstić information content (AvgIpc) is 3.07. The van der Waals surface area contributed by atoms with E-state index < -0.39 is 43.4 Å². The minimum atomic E-state index is -4.91. The van der Waals surface area contributed by atoms with Crippen LogP contribution >= 0.6 is 11.3 Å². The highest BCUT2D eigenvalue weighted by atomic mass is 32.2. The molecule has 0 radical (unpaired) electrons. The lowest BCUT2D eigenvalue weighted by molar-refractivity contribution is -0.139. The molecule has 0 saturated heterocycles. The second-order valence-electron chi connectivity index (χ2n) is 8.49. The summed E-state index contributed by atoms with van der Waals surface area (Å²) < 4.78 is 67.7. The third-order valence-corrected chi connectivity index (χ3v) is 7.66. The number of halogens is 3. The SMILES string of the molecule is Cc1nc2sc(C(C)(C)O)nn2c1-c1ccc(C(F)(F)F)c(S(=O)(=O)CC(C)(C)O)c1. The van der Waals surface area contributed by atoms with Crippen LogP contribution in [0.3, 0.4) is 0 Å². The highest BCUT2D eigenvalue weighted by molar-refractivity contribution is 7.91. The van der Waals surface area contributed by atoms with Crippen molar-refractivity contribution < 1.29 is 31.8 Å². The van der Waals surface area contributed by atoms with Gasteiger partial charge in [0.1, 0.15) is 10.6 Å². The zero-order valence-corrected chi connectivity index (χ0v) is 19.1. The van der Waals surface area contributed by atoms with E-state index in [4.69, 9.17) is 0 Å². The number of fused-ring (bicyclic) bond motifs is 1. The maximum absolute atomic E-state index is 13.6. The standard InChI is InChI=1S/C19H22F3N3O4S2/c1-10-14(25-16(23-10)30-15(24-25)18(4,5)27)11-6-7-12(19(20,21)22)13(8-11)31(28,29)9-17(2,3)26/h6-8,26-27H,9H2,1-5H3. The smallest absolute Gasteiger partial charge is 0.389 e. The Balaban J connectivity index is 2.27. The Hall–Kier alpha value is -2.02. The Kier molecular flexibility index (Phi) is 5.53. The molecule has 0 spiro atoms. The van der Waals surface area contributed by atoms with Gasteiger partial charge in [0.05, 0.1) is 33.2 Å². The monoisotopic (exact) mass is 477 g/mol. The molecule has 12 heteroatoms. The number of nitrogens with zero attached hydrogens (tertiary/aromatic N) is 3. The van der Waals surface area contributed by atoms with E-state index in [1.165, 1.54) is 32.2 Å². The van der Waals surface area contributed by atoms with Crippen LogP contribution in [0, 0.1) is 6.92 Å². The van der Waals surface area contributed by atoms with Gasteiger partial charge in [0.15, 0.2) is 9.84 Å². The molecule has 0 fully saturated rings. The lowest BCUT2D eigenvalue weighted by atomic mass is 10.1. The molecule has 2 N–H and O–H groups in total. The fourth-order valence-electron chi connectivity index (χ4n) is 3.13. The molecule has 3 aromatic rings. The van der Waals surface area contributed by atoms with Gasteiger partial charge in [0.25, 0.3) is 0 Å². The number of aryl methyl sites for hydroxylation is 1. The lowest BCUT2D eigenvalue weighted by Crippen LogP contribution is -2.31. The number of benzene rings is 1. The Labute approximate surface area is 181 Å². The third-order valence-electron chi connectivity index (χ3n) is 4.34. The van der Waals surface area contributed by atoms with Gasteiger partial charge in [-0.15, -0.1) is 0 Å². The maximum Gasteiger partial charge on any atom is 0.417 e. The molecule has 0 amide bonds. The number of sulfone groups is 1. The molecular weight excluding hydrogens is 455 g/mol. The predicted molar refractivity (Wildman–Crippen MR) is 110 cm³/mol. The molecule has 0 atom stereocenters. The van der Waals surface area contributed by atoms with Gasteiger partial charge < -0.3 is 10.2 Å². The predicted octanol–water partition coefficient (Wildman–Crippen LogP) is 3.56. The van der Waals surface area contributed by atoms with Crippen LogP contribution < -0.4 is 0 Å². The van der Waals surface area contributed by atoms with E-state index in [9.17, 15) is 31.8 Å². The van der Waals surface area contributed by atoms with Crippen molar-refractivity contribution in [3.63, 3.8) is 0 Å². The second-order valence-corrected chi connectivity index (χ2v) is 11.4. The Morgan fingerprint density at radius 3 is 2.26 bits per heavy atom. The van der Waals surface area contributed by atoms with E-state index in [2.05, 4.69) is 10.1 Å². The van der Waals surface area contributed by atoms with Gasteiger partial charge in [-0.25, -0.2) is 17.9 Å². The number of aliphatic hydroxyl groups is 2. The summed E-state index contributed by atoms with van der Waals surface area (Å²) in [7, 11) is -4.49. The van der Waals surface area contributed by atoms with Crippen LogP contribution in [0.2, 0.25) is 0 Å². The van der Waals surface area contributed by atoms with Gasteiger partial charge in [-0.3, -0.25) is 0 Å². The molecular formula is C19H22F3N3O4S2. The largest absolute Gasteiger partial charge is 0.417 e. The number of alkyl halides is 3. The number of imidazole rings is 1. The van der Waals surface area contributed by atoms with Crippen LogP contribution in [0.25, 0.3) is 16.2 Å². The summed E-state index contributed by atoms with van der Waals surface area (Å²) in [5.74, 6) is -0.882. The van der Waals surface area contributed by atoms with Crippen molar-refractivity contribution >= 4 is 26.1 Å². The van der Waals surface area contributed by atoms with Crippen molar-refractivity contribution in [2.45, 2.75) is 56.9 Å². The summed E-state index contributed by atoms with van der Waals surface area (Å²) in [6.45, 7) is 7.12. The summed E-state index contributed by atoms with van der Waals surface area (Å²) in [5.41, 5.74) is -3.37. The quantitative estimate of drug-likeness (QED) is 0.582. The molecule has 2 aromatic heterocycles. The summed E-state index contributed by atoms with van der Waals surface area (Å²) in [6.07, 6.45) is -4.91. The van der Waals surface area contributed by atoms with Crippen LogP contribution in [0.15, 0.2) is 23.1 Å². The number of hydrogen-bond acceptors (Lipinski definition) is 7. The highest BCUT2D eigenvalue weighted by Crippen LogP contribution is 2.39. The van der Waals surface area contributed by atoms with Crippen molar-refractivity contribution in [2.24, 2.45) is 0 Å². The van der Waals surface area contributed by atoms with Gasteiger partial charge in [0.2, 0.25) is 4.96 Å². The molecule has 170 valence electrons. The molecule has 0 unspecified atom stereocenters. The molecule has 0 aliphatic carbocycles. The number of aromatic nitrogens is 3. The normalized spacial score (nSPS) is 13.9. The highest BCUT2D eigenvalue weighted by Gasteiger charge is 2.39. The minimum absolute atomic E-state index is 0.167. The first-order chi connectivity index (χ1) is 13.9. The van der Waals surface area contributed by atoms with Gasteiger partial charge in [-0.1, -0.05) is 17.4 Å². The van der Waals surface area contributed by atoms with Gasteiger partial charge in [0, 0.05) is 5.56 Å². The Bertz CT molecular complexity index is 1250. The molecule has 7 nitrogen and oxygen atoms in total. The van der Waals surface area contributed by atoms with E-state index in [0.717, 1.165) is 23.5 Å². The number of rotatable bonds is 5. The first kappa shape index (κ1) is 23.6. The molecule has 0 aliphatic heterocycles. The van der Waals surface area contributed by atoms with E-state index in [-0.39, 0.29) is 5.56 Å². The first-order valence-corrected chi connectivity index (χ1v) is 11.6. The van der Waals surface area contributed by atoms with Crippen LogP contribution in [-0.4, -0.2) is 44.6 Å². The van der Waals surface area contributed by atoms with Gasteiger partial charge in [-0.2, -0.15) is 18.3 Å². The van der Waals surface area contributed by atoms with Crippen molar-refractivity contribution in [1.82, 2.24) is 14.6 Å². The third kappa shape index (κ3) is 4.76. The van der Waals surface area contributed by atoms with Crippen molar-refractivity contribution in [1.29, 1.82) is 0 Å². The fourth-order valence-corrected chi connectivity index (χ4v) is 5.99. The summed E-state index contributed by atoms with van der Waals surface area (Å²) in [4.78, 5) is 3.83. The minimum Gasteiger partial charge on any atom is -0.389 e. The molecule has 2 heterocycles. The van der Waals surface area contributed by atoms with Gasteiger partial charge in [-0.05, 0) is 46.8 Å². The van der Waals surface area contributed by atoms with Crippen LogP contribution in [0.5, 0.6) is 0 Å². The maximum atomic E-state index is 13.6. The summed E-state index contributed by atoms with van der Waals surface area (Å²) in [5, 5.41) is 24.8. The second kappa shape index (κ2) is 7.26. The van der Waals surface area contributed by atoms with Crippen LogP contribution in [-0.2, 0) is 21.6 Å². The average molecular weight is 478 g/mol. The number of hydrogen-bond donors (Lipinski definition) is 2. The lowest BCUT2D eigenvalue weighted by Gasteiger charge is -2.20. The van der Waals surface area contributed by atoms with E-state index in [1.807, 2.05) is 0 Å². The summed E-state index contributed by atoms with van der Waals surface area (Å²) >= 11 is 1.12. The zero-order valence-electron chi connectivity index (χ0n) is 17.4. The molecule has 31 heavy (non-hydrogen) atoms. The first-order valence-electron chi connectivity index (χ1n) is 9.16. The van der Waals surface area contributed by atoms with E-state index in [1.54, 1.807) is 6.92 Å². The van der Waals surface area contributed by atoms with Crippen molar-refractivity contribution in [3.8, 4) is 11.3 Å². The zero-order chi connectivity index (χ0) is 23.6. The summed E-state index contributed by atoms with van der Waals surface area (Å²) in [6, 6.07) is 2.80. The molecule has 0 saturated carbocycles. The van der Waals surface area contributed by atoms with Crippen LogP contribution in [0.4, 0.5) is 13.2 Å². The Morgan fingerprint density at radius 1 is 1.13 bits per heavy atom. The molecule has 0 bridgehead atoms. The van der Waals surface area contributed by atoms with E-state index >= 15 is 0 Å². The van der Waals surface area contributed by atoms with Crippen LogP contribution in [0.1, 0.15) is 44.0 Å². The molecule has 1 aromatic carbocycles. The molecule has 3 rings (SSSR count). The topological polar surface area (TPSA) is 105 Å².